The fourth-order valence-electron chi connectivity index (χ4n) is 2.67. The van der Waals surface area contributed by atoms with Crippen LogP contribution in [0.4, 0.5) is 4.79 Å². The molecule has 1 aliphatic carbocycles. The van der Waals surface area contributed by atoms with Gasteiger partial charge in [-0.05, 0) is 36.5 Å². The molecule has 0 spiro atoms. The van der Waals surface area contributed by atoms with Crippen LogP contribution in [0.2, 0.25) is 0 Å². The van der Waals surface area contributed by atoms with E-state index in [4.69, 9.17) is 0 Å². The van der Waals surface area contributed by atoms with Crippen LogP contribution in [0.25, 0.3) is 0 Å². The number of hydrogen-bond donors (Lipinski definition) is 2. The molecule has 2 amide bonds. The van der Waals surface area contributed by atoms with Crippen molar-refractivity contribution < 1.29 is 13.2 Å². The Balaban J connectivity index is 1.98. The Morgan fingerprint density at radius 3 is 2.23 bits per heavy atom. The van der Waals surface area contributed by atoms with Crippen molar-refractivity contribution in [2.24, 2.45) is 0 Å². The van der Waals surface area contributed by atoms with Crippen LogP contribution >= 0.6 is 0 Å². The molecular weight excluding hydrogens is 300 g/mol. The zero-order chi connectivity index (χ0) is 16.2. The fourth-order valence-corrected chi connectivity index (χ4v) is 3.59. The van der Waals surface area contributed by atoms with Crippen molar-refractivity contribution in [3.63, 3.8) is 0 Å². The lowest BCUT2D eigenvalue weighted by Crippen LogP contribution is -2.45. The minimum absolute atomic E-state index is 0.0762. The van der Waals surface area contributed by atoms with E-state index in [0.717, 1.165) is 31.2 Å². The zero-order valence-electron chi connectivity index (χ0n) is 13.1. The molecule has 1 saturated carbocycles. The van der Waals surface area contributed by atoms with Gasteiger partial charge in [0.25, 0.3) is 10.0 Å². The lowest BCUT2D eigenvalue weighted by molar-refractivity contribution is 0.237. The van der Waals surface area contributed by atoms with E-state index in [-0.39, 0.29) is 10.9 Å². The molecule has 2 N–H and O–H groups in total. The first-order valence-electron chi connectivity index (χ1n) is 7.82. The third-order valence-electron chi connectivity index (χ3n) is 4.02. The van der Waals surface area contributed by atoms with Crippen LogP contribution in [0.15, 0.2) is 29.2 Å². The third-order valence-corrected chi connectivity index (χ3v) is 5.37. The predicted octanol–water partition coefficient (Wildman–Crippen LogP) is 3.13. The first kappa shape index (κ1) is 16.8. The maximum absolute atomic E-state index is 12.2. The third kappa shape index (κ3) is 4.47. The Hall–Kier alpha value is -1.56. The quantitative estimate of drug-likeness (QED) is 0.893. The van der Waals surface area contributed by atoms with Crippen molar-refractivity contribution in [3.8, 4) is 0 Å². The van der Waals surface area contributed by atoms with Crippen molar-refractivity contribution in [2.75, 3.05) is 0 Å². The zero-order valence-corrected chi connectivity index (χ0v) is 13.9. The number of carbonyl (C=O) groups excluding carboxylic acids is 1. The molecule has 0 aliphatic heterocycles. The largest absolute Gasteiger partial charge is 0.335 e. The van der Waals surface area contributed by atoms with E-state index < -0.39 is 16.1 Å². The van der Waals surface area contributed by atoms with Gasteiger partial charge < -0.3 is 5.32 Å². The maximum Gasteiger partial charge on any atom is 0.328 e. The molecule has 1 aromatic carbocycles. The summed E-state index contributed by atoms with van der Waals surface area (Å²) in [6.45, 7) is 4.08. The summed E-state index contributed by atoms with van der Waals surface area (Å²) in [6, 6.07) is 6.06. The van der Waals surface area contributed by atoms with E-state index in [0.29, 0.717) is 5.92 Å². The number of amides is 2. The van der Waals surface area contributed by atoms with Gasteiger partial charge in [-0.2, -0.15) is 0 Å². The van der Waals surface area contributed by atoms with E-state index in [1.165, 1.54) is 18.6 Å². The molecule has 0 aromatic heterocycles. The van der Waals surface area contributed by atoms with Gasteiger partial charge in [-0.1, -0.05) is 45.2 Å². The van der Waals surface area contributed by atoms with E-state index in [1.54, 1.807) is 12.1 Å². The molecule has 0 atom stereocenters. The molecule has 0 radical (unpaired) electrons. The van der Waals surface area contributed by atoms with Crippen molar-refractivity contribution in [1.82, 2.24) is 10.0 Å². The number of benzene rings is 1. The fraction of sp³-hybridized carbons (Fsp3) is 0.562. The average molecular weight is 324 g/mol. The summed E-state index contributed by atoms with van der Waals surface area (Å²) in [7, 11) is -3.81. The molecule has 0 saturated heterocycles. The number of sulfonamides is 1. The molecule has 2 rings (SSSR count). The molecule has 1 aromatic rings. The van der Waals surface area contributed by atoms with Crippen LogP contribution in [0.1, 0.15) is 57.4 Å². The molecule has 0 bridgehead atoms. The second-order valence-electron chi connectivity index (χ2n) is 6.14. The van der Waals surface area contributed by atoms with Gasteiger partial charge in [0.2, 0.25) is 0 Å². The number of hydrogen-bond acceptors (Lipinski definition) is 3. The van der Waals surface area contributed by atoms with E-state index in [1.807, 2.05) is 13.8 Å². The lowest BCUT2D eigenvalue weighted by Gasteiger charge is -2.22. The summed E-state index contributed by atoms with van der Waals surface area (Å²) in [6.07, 6.45) is 5.16. The van der Waals surface area contributed by atoms with Crippen LogP contribution in [-0.4, -0.2) is 20.5 Å². The van der Waals surface area contributed by atoms with Gasteiger partial charge in [0.1, 0.15) is 0 Å². The highest BCUT2D eigenvalue weighted by atomic mass is 32.2. The monoisotopic (exact) mass is 324 g/mol. The topological polar surface area (TPSA) is 75.3 Å². The standard InChI is InChI=1S/C16H24N2O3S/c1-12(2)13-8-10-15(11-9-13)22(20,21)18-16(19)17-14-6-4-3-5-7-14/h8-12,14H,3-7H2,1-2H3,(H2,17,18,19). The number of carbonyl (C=O) groups is 1. The first-order valence-corrected chi connectivity index (χ1v) is 9.30. The number of rotatable bonds is 4. The second-order valence-corrected chi connectivity index (χ2v) is 7.82. The van der Waals surface area contributed by atoms with Crippen molar-refractivity contribution in [2.45, 2.75) is 62.8 Å². The van der Waals surface area contributed by atoms with Gasteiger partial charge in [0.15, 0.2) is 0 Å². The van der Waals surface area contributed by atoms with Crippen LogP contribution in [0, 0.1) is 0 Å². The van der Waals surface area contributed by atoms with E-state index in [2.05, 4.69) is 10.0 Å². The van der Waals surface area contributed by atoms with Gasteiger partial charge in [0, 0.05) is 6.04 Å². The Morgan fingerprint density at radius 2 is 1.68 bits per heavy atom. The lowest BCUT2D eigenvalue weighted by atomic mass is 9.96. The molecular formula is C16H24N2O3S. The SMILES string of the molecule is CC(C)c1ccc(S(=O)(=O)NC(=O)NC2CCCCC2)cc1. The normalized spacial score (nSPS) is 16.5. The van der Waals surface area contributed by atoms with Gasteiger partial charge in [-0.15, -0.1) is 0 Å². The highest BCUT2D eigenvalue weighted by Gasteiger charge is 2.21. The van der Waals surface area contributed by atoms with Gasteiger partial charge >= 0.3 is 6.03 Å². The van der Waals surface area contributed by atoms with Crippen LogP contribution in [-0.2, 0) is 10.0 Å². The Morgan fingerprint density at radius 1 is 1.09 bits per heavy atom. The average Bonchev–Trinajstić information content (AvgIpc) is 2.47. The molecule has 6 heteroatoms. The predicted molar refractivity (Wildman–Crippen MR) is 86.3 cm³/mol. The van der Waals surface area contributed by atoms with E-state index >= 15 is 0 Å². The highest BCUT2D eigenvalue weighted by molar-refractivity contribution is 7.90. The smallest absolute Gasteiger partial charge is 0.328 e. The maximum atomic E-state index is 12.2. The van der Waals surface area contributed by atoms with Crippen LogP contribution in [0.3, 0.4) is 0 Å². The molecule has 1 aliphatic rings. The Kier molecular flexibility index (Phi) is 5.45. The minimum atomic E-state index is -3.81. The first-order chi connectivity index (χ1) is 10.4. The summed E-state index contributed by atoms with van der Waals surface area (Å²) < 4.78 is 26.5. The Labute approximate surface area is 132 Å². The summed E-state index contributed by atoms with van der Waals surface area (Å²) in [5.74, 6) is 0.333. The summed E-state index contributed by atoms with van der Waals surface area (Å²) >= 11 is 0. The van der Waals surface area contributed by atoms with Crippen molar-refractivity contribution >= 4 is 16.1 Å². The molecule has 0 heterocycles. The summed E-state index contributed by atoms with van der Waals surface area (Å²) in [4.78, 5) is 12.0. The van der Waals surface area contributed by atoms with Crippen LogP contribution in [0.5, 0.6) is 0 Å². The van der Waals surface area contributed by atoms with E-state index in [9.17, 15) is 13.2 Å². The molecule has 22 heavy (non-hydrogen) atoms. The summed E-state index contributed by atoms with van der Waals surface area (Å²) in [5.41, 5.74) is 1.06. The van der Waals surface area contributed by atoms with Gasteiger partial charge in [-0.3, -0.25) is 0 Å². The van der Waals surface area contributed by atoms with Gasteiger partial charge in [-0.25, -0.2) is 17.9 Å². The number of urea groups is 1. The summed E-state index contributed by atoms with van der Waals surface area (Å²) in [5, 5.41) is 2.75. The van der Waals surface area contributed by atoms with Crippen molar-refractivity contribution in [3.05, 3.63) is 29.8 Å². The molecule has 122 valence electrons. The van der Waals surface area contributed by atoms with Crippen LogP contribution < -0.4 is 10.0 Å². The second kappa shape index (κ2) is 7.13. The molecule has 1 fully saturated rings. The molecule has 0 unspecified atom stereocenters. The Bertz CT molecular complexity index is 603. The van der Waals surface area contributed by atoms with Crippen molar-refractivity contribution in [1.29, 1.82) is 0 Å². The minimum Gasteiger partial charge on any atom is -0.335 e. The van der Waals surface area contributed by atoms with Gasteiger partial charge in [0.05, 0.1) is 4.90 Å². The molecule has 5 nitrogen and oxygen atoms in total. The highest BCUT2D eigenvalue weighted by Crippen LogP contribution is 2.18. The number of nitrogens with one attached hydrogen (secondary N) is 2.